The molecule has 4 nitrogen and oxygen atoms in total. The Morgan fingerprint density at radius 3 is 2.70 bits per heavy atom. The average molecular weight is 369 g/mol. The van der Waals surface area contributed by atoms with Gasteiger partial charge in [-0.15, -0.1) is 23.7 Å². The Hall–Kier alpha value is -0.920. The van der Waals surface area contributed by atoms with Crippen LogP contribution >= 0.6 is 23.7 Å². The molecule has 23 heavy (non-hydrogen) atoms. The number of nitrogens with one attached hydrogen (secondary N) is 1. The molecule has 1 N–H and O–H groups in total. The Morgan fingerprint density at radius 1 is 1.48 bits per heavy atom. The fourth-order valence-electron chi connectivity index (χ4n) is 2.74. The van der Waals surface area contributed by atoms with E-state index in [4.69, 9.17) is 0 Å². The van der Waals surface area contributed by atoms with E-state index in [1.165, 1.54) is 17.4 Å². The molecule has 1 aliphatic heterocycles. The summed E-state index contributed by atoms with van der Waals surface area (Å²) in [5, 5.41) is 3.14. The van der Waals surface area contributed by atoms with E-state index in [0.29, 0.717) is 19.0 Å². The van der Waals surface area contributed by atoms with Gasteiger partial charge >= 0.3 is 6.61 Å². The maximum Gasteiger partial charge on any atom is 0.387 e. The van der Waals surface area contributed by atoms with Crippen LogP contribution in [0.15, 0.2) is 6.07 Å². The van der Waals surface area contributed by atoms with Gasteiger partial charge < -0.3 is 15.0 Å². The fourth-order valence-corrected chi connectivity index (χ4v) is 3.65. The van der Waals surface area contributed by atoms with Crippen LogP contribution in [0.4, 0.5) is 8.78 Å². The van der Waals surface area contributed by atoms with Crippen LogP contribution in [0.3, 0.4) is 0 Å². The largest absolute Gasteiger partial charge is 0.433 e. The molecular formula is C15H23ClF2N2O2S. The lowest BCUT2D eigenvalue weighted by Crippen LogP contribution is -2.38. The Bertz CT molecular complexity index is 506. The van der Waals surface area contributed by atoms with Gasteiger partial charge in [0.2, 0.25) is 0 Å². The first-order chi connectivity index (χ1) is 10.5. The molecule has 1 fully saturated rings. The predicted molar refractivity (Wildman–Crippen MR) is 90.1 cm³/mol. The number of carbonyl (C=O) groups is 1. The molecule has 8 heteroatoms. The topological polar surface area (TPSA) is 41.6 Å². The Kier molecular flexibility index (Phi) is 8.22. The molecule has 0 aliphatic carbocycles. The van der Waals surface area contributed by atoms with Crippen LogP contribution in [0.25, 0.3) is 0 Å². The summed E-state index contributed by atoms with van der Waals surface area (Å²) < 4.78 is 29.3. The van der Waals surface area contributed by atoms with Gasteiger partial charge in [-0.05, 0) is 51.8 Å². The summed E-state index contributed by atoms with van der Waals surface area (Å²) in [6.07, 6.45) is 3.03. The summed E-state index contributed by atoms with van der Waals surface area (Å²) in [4.78, 5) is 15.4. The van der Waals surface area contributed by atoms with Crippen molar-refractivity contribution < 1.29 is 18.3 Å². The fraction of sp³-hybridized carbons (Fsp3) is 0.667. The van der Waals surface area contributed by atoms with Gasteiger partial charge in [-0.2, -0.15) is 8.78 Å². The standard InChI is InChI=1S/C15H22F2N2O2S.ClH/c1-10-9-12(21-15(16)17)13(22-10)14(20)19-7-4-11(5-8-19)3-6-18-2;/h9,11,15,18H,3-8H2,1-2H3;1H. The van der Waals surface area contributed by atoms with Crippen LogP contribution in [-0.2, 0) is 0 Å². The number of ether oxygens (including phenoxy) is 1. The molecule has 0 spiro atoms. The molecule has 0 radical (unpaired) electrons. The second kappa shape index (κ2) is 9.39. The number of halogens is 3. The van der Waals surface area contributed by atoms with E-state index in [-0.39, 0.29) is 28.9 Å². The van der Waals surface area contributed by atoms with Gasteiger partial charge in [-0.3, -0.25) is 4.79 Å². The lowest BCUT2D eigenvalue weighted by atomic mass is 9.93. The molecule has 1 amide bonds. The minimum atomic E-state index is -2.91. The highest BCUT2D eigenvalue weighted by molar-refractivity contribution is 7.14. The number of nitrogens with zero attached hydrogens (tertiary/aromatic N) is 1. The molecule has 1 saturated heterocycles. The van der Waals surface area contributed by atoms with Crippen LogP contribution in [0.2, 0.25) is 0 Å². The van der Waals surface area contributed by atoms with Crippen molar-refractivity contribution in [2.24, 2.45) is 5.92 Å². The van der Waals surface area contributed by atoms with Crippen molar-refractivity contribution in [3.8, 4) is 5.75 Å². The maximum absolute atomic E-state index is 12.5. The molecule has 0 saturated carbocycles. The quantitative estimate of drug-likeness (QED) is 0.835. The van der Waals surface area contributed by atoms with Gasteiger partial charge in [0.05, 0.1) is 0 Å². The highest BCUT2D eigenvalue weighted by atomic mass is 35.5. The third-order valence-corrected chi connectivity index (χ3v) is 4.96. The van der Waals surface area contributed by atoms with Gasteiger partial charge in [0.25, 0.3) is 5.91 Å². The Balaban J connectivity index is 0.00000264. The van der Waals surface area contributed by atoms with Crippen LogP contribution in [0.5, 0.6) is 5.75 Å². The number of thiophene rings is 1. The molecule has 1 aromatic rings. The van der Waals surface area contributed by atoms with Crippen LogP contribution in [0, 0.1) is 12.8 Å². The number of hydrogen-bond donors (Lipinski definition) is 1. The van der Waals surface area contributed by atoms with Crippen LogP contribution in [0.1, 0.15) is 33.8 Å². The number of hydrogen-bond acceptors (Lipinski definition) is 4. The number of amides is 1. The van der Waals surface area contributed by atoms with E-state index in [1.807, 2.05) is 7.05 Å². The van der Waals surface area contributed by atoms with Crippen LogP contribution < -0.4 is 10.1 Å². The van der Waals surface area contributed by atoms with Crippen LogP contribution in [-0.4, -0.2) is 44.1 Å². The zero-order valence-electron chi connectivity index (χ0n) is 13.3. The van der Waals surface area contributed by atoms with Crippen molar-refractivity contribution in [1.82, 2.24) is 10.2 Å². The van der Waals surface area contributed by atoms with Gasteiger partial charge in [-0.25, -0.2) is 0 Å². The zero-order chi connectivity index (χ0) is 16.1. The molecule has 0 unspecified atom stereocenters. The van der Waals surface area contributed by atoms with E-state index in [9.17, 15) is 13.6 Å². The minimum Gasteiger partial charge on any atom is -0.433 e. The van der Waals surface area contributed by atoms with E-state index in [1.54, 1.807) is 11.8 Å². The lowest BCUT2D eigenvalue weighted by molar-refractivity contribution is -0.0499. The number of piperidine rings is 1. The summed E-state index contributed by atoms with van der Waals surface area (Å²) in [7, 11) is 1.93. The van der Waals surface area contributed by atoms with E-state index in [2.05, 4.69) is 10.1 Å². The molecular weight excluding hydrogens is 346 g/mol. The summed E-state index contributed by atoms with van der Waals surface area (Å²) in [5.74, 6) is 0.430. The Morgan fingerprint density at radius 2 is 2.13 bits per heavy atom. The summed E-state index contributed by atoms with van der Waals surface area (Å²) in [6, 6.07) is 1.50. The Labute approximate surface area is 145 Å². The van der Waals surface area contributed by atoms with E-state index >= 15 is 0 Å². The average Bonchev–Trinajstić information content (AvgIpc) is 2.84. The van der Waals surface area contributed by atoms with Gasteiger partial charge in [-0.1, -0.05) is 0 Å². The molecule has 0 aromatic carbocycles. The number of likely N-dealkylation sites (tertiary alicyclic amines) is 1. The molecule has 2 rings (SSSR count). The minimum absolute atomic E-state index is 0. The van der Waals surface area contributed by atoms with Gasteiger partial charge in [0, 0.05) is 18.0 Å². The molecule has 1 aliphatic rings. The normalized spacial score (nSPS) is 15.6. The van der Waals surface area contributed by atoms with Crippen molar-refractivity contribution >= 4 is 29.7 Å². The maximum atomic E-state index is 12.5. The molecule has 0 atom stereocenters. The second-order valence-electron chi connectivity index (χ2n) is 5.56. The van der Waals surface area contributed by atoms with E-state index < -0.39 is 6.61 Å². The summed E-state index contributed by atoms with van der Waals surface area (Å²) >= 11 is 1.21. The van der Waals surface area contributed by atoms with Crippen molar-refractivity contribution in [2.75, 3.05) is 26.7 Å². The molecule has 1 aromatic heterocycles. The van der Waals surface area contributed by atoms with Crippen molar-refractivity contribution in [3.05, 3.63) is 15.8 Å². The summed E-state index contributed by atoms with van der Waals surface area (Å²) in [5.41, 5.74) is 0. The molecule has 2 heterocycles. The number of aryl methyl sites for hydroxylation is 1. The number of rotatable bonds is 6. The first kappa shape index (κ1) is 20.1. The van der Waals surface area contributed by atoms with Gasteiger partial charge in [0.15, 0.2) is 0 Å². The van der Waals surface area contributed by atoms with Crippen molar-refractivity contribution in [3.63, 3.8) is 0 Å². The summed E-state index contributed by atoms with van der Waals surface area (Å²) in [6.45, 7) is 1.21. The molecule has 132 valence electrons. The smallest absolute Gasteiger partial charge is 0.387 e. The molecule has 0 bridgehead atoms. The first-order valence-corrected chi connectivity index (χ1v) is 8.32. The lowest BCUT2D eigenvalue weighted by Gasteiger charge is -2.32. The van der Waals surface area contributed by atoms with Gasteiger partial charge in [0.1, 0.15) is 10.6 Å². The number of alkyl halides is 2. The highest BCUT2D eigenvalue weighted by Gasteiger charge is 2.27. The van der Waals surface area contributed by atoms with Crippen molar-refractivity contribution in [1.29, 1.82) is 0 Å². The predicted octanol–water partition coefficient (Wildman–Crippen LogP) is 3.54. The third kappa shape index (κ3) is 5.58. The first-order valence-electron chi connectivity index (χ1n) is 7.50. The number of carbonyl (C=O) groups excluding carboxylic acids is 1. The van der Waals surface area contributed by atoms with Crippen molar-refractivity contribution in [2.45, 2.75) is 32.8 Å². The monoisotopic (exact) mass is 368 g/mol. The SMILES string of the molecule is CNCCC1CCN(C(=O)c2sc(C)cc2OC(F)F)CC1.Cl. The second-order valence-corrected chi connectivity index (χ2v) is 6.81. The third-order valence-electron chi connectivity index (χ3n) is 3.94. The highest BCUT2D eigenvalue weighted by Crippen LogP contribution is 2.32. The zero-order valence-corrected chi connectivity index (χ0v) is 14.9. The van der Waals surface area contributed by atoms with E-state index in [0.717, 1.165) is 30.7 Å².